The van der Waals surface area contributed by atoms with Crippen LogP contribution in [0, 0.1) is 11.3 Å². The summed E-state index contributed by atoms with van der Waals surface area (Å²) in [6.07, 6.45) is 4.80. The Morgan fingerprint density at radius 3 is 2.63 bits per heavy atom. The molecule has 5 heteroatoms. The zero-order chi connectivity index (χ0) is 13.7. The van der Waals surface area contributed by atoms with Gasteiger partial charge in [0, 0.05) is 28.4 Å². The van der Waals surface area contributed by atoms with Crippen LogP contribution in [0.25, 0.3) is 10.9 Å². The van der Waals surface area contributed by atoms with Crippen molar-refractivity contribution in [3.8, 4) is 6.07 Å². The molecule has 0 spiro atoms. The summed E-state index contributed by atoms with van der Waals surface area (Å²) in [6, 6.07) is 10.6. The van der Waals surface area contributed by atoms with E-state index in [-0.39, 0.29) is 0 Å². The first-order valence-electron chi connectivity index (χ1n) is 5.94. The van der Waals surface area contributed by atoms with Gasteiger partial charge in [-0.3, -0.25) is 0 Å². The predicted octanol–water partition coefficient (Wildman–Crippen LogP) is 3.16. The lowest BCUT2D eigenvalue weighted by Crippen LogP contribution is -1.97. The van der Waals surface area contributed by atoms with Crippen molar-refractivity contribution in [1.29, 1.82) is 5.26 Å². The van der Waals surface area contributed by atoms with Crippen molar-refractivity contribution in [3.63, 3.8) is 0 Å². The van der Waals surface area contributed by atoms with E-state index in [1.807, 2.05) is 24.4 Å². The zero-order valence-corrected chi connectivity index (χ0v) is 10.8. The highest BCUT2D eigenvalue weighted by molar-refractivity contribution is 5.86. The highest BCUT2D eigenvalue weighted by Gasteiger charge is 2.08. The minimum absolute atomic E-state index is 0.391. The smallest absolute Gasteiger partial charge is 0.144 e. The van der Waals surface area contributed by atoms with Gasteiger partial charge in [-0.15, -0.1) is 5.10 Å². The van der Waals surface area contributed by atoms with Crippen molar-refractivity contribution in [2.24, 2.45) is 0 Å². The van der Waals surface area contributed by atoms with Gasteiger partial charge >= 0.3 is 0 Å². The second kappa shape index (κ2) is 5.83. The number of nitriles is 1. The highest BCUT2D eigenvalue weighted by Crippen LogP contribution is 2.23. The largest absolute Gasteiger partial charge is 0.346 e. The average Bonchev–Trinajstić information content (AvgIpc) is 3.10. The molecule has 0 fully saturated rings. The fourth-order valence-corrected chi connectivity index (χ4v) is 1.86. The predicted molar refractivity (Wildman–Crippen MR) is 71.3 cm³/mol. The Morgan fingerprint density at radius 1 is 1.32 bits per heavy atom. The second-order valence-corrected chi connectivity index (χ2v) is 4.26. The quantitative estimate of drug-likeness (QED) is 0.669. The first-order chi connectivity index (χ1) is 9.24. The first-order valence-corrected chi connectivity index (χ1v) is 5.94. The molecule has 96 valence electrons. The molecule has 0 amide bonds. The van der Waals surface area contributed by atoms with Gasteiger partial charge in [0.05, 0.1) is 11.8 Å². The number of hydrogen-bond donors (Lipinski definition) is 0. The Balaban J connectivity index is 0.000000224. The molecule has 2 aromatic heterocycles. The summed E-state index contributed by atoms with van der Waals surface area (Å²) in [5.74, 6) is 0. The Kier molecular flexibility index (Phi) is 3.94. The molecule has 0 aliphatic carbocycles. The summed E-state index contributed by atoms with van der Waals surface area (Å²) >= 11 is 0. The van der Waals surface area contributed by atoms with E-state index in [4.69, 9.17) is 5.26 Å². The maximum atomic E-state index is 8.97. The third-order valence-corrected chi connectivity index (χ3v) is 2.70. The molecule has 0 saturated carbocycles. The maximum Gasteiger partial charge on any atom is 0.144 e. The zero-order valence-electron chi connectivity index (χ0n) is 10.8. The van der Waals surface area contributed by atoms with Gasteiger partial charge < -0.3 is 9.09 Å². The van der Waals surface area contributed by atoms with E-state index >= 15 is 0 Å². The Morgan fingerprint density at radius 2 is 2.11 bits per heavy atom. The monoisotopic (exact) mass is 254 g/mol. The topological polar surface area (TPSA) is 67.6 Å². The Hall–Kier alpha value is -2.61. The number of rotatable bonds is 1. The van der Waals surface area contributed by atoms with Gasteiger partial charge in [0.15, 0.2) is 0 Å². The third kappa shape index (κ3) is 2.80. The summed E-state index contributed by atoms with van der Waals surface area (Å²) in [5, 5.41) is 16.4. The lowest BCUT2D eigenvalue weighted by atomic mass is 10.2. The molecule has 0 aliphatic rings. The number of para-hydroxylation sites is 1. The van der Waals surface area contributed by atoms with Gasteiger partial charge in [0.2, 0.25) is 0 Å². The molecular formula is C14H14N4O. The van der Waals surface area contributed by atoms with Crippen LogP contribution in [-0.2, 0) is 0 Å². The first kappa shape index (κ1) is 12.8. The molecule has 3 rings (SSSR count). The second-order valence-electron chi connectivity index (χ2n) is 4.26. The van der Waals surface area contributed by atoms with Gasteiger partial charge in [0.1, 0.15) is 12.3 Å². The number of fused-ring (bicyclic) bond motifs is 1. The van der Waals surface area contributed by atoms with Crippen LogP contribution in [0.3, 0.4) is 0 Å². The van der Waals surface area contributed by atoms with Crippen LogP contribution in [0.1, 0.15) is 25.5 Å². The number of nitrogens with zero attached hydrogens (tertiary/aromatic N) is 4. The van der Waals surface area contributed by atoms with E-state index in [0.717, 1.165) is 16.5 Å². The van der Waals surface area contributed by atoms with E-state index < -0.39 is 0 Å². The Labute approximate surface area is 111 Å². The highest BCUT2D eigenvalue weighted by atomic mass is 16.5. The summed E-state index contributed by atoms with van der Waals surface area (Å²) in [5.41, 5.74) is 1.90. The molecule has 0 bridgehead atoms. The van der Waals surface area contributed by atoms with Crippen molar-refractivity contribution in [3.05, 3.63) is 48.5 Å². The molecule has 0 N–H and O–H groups in total. The van der Waals surface area contributed by atoms with Crippen LogP contribution >= 0.6 is 0 Å². The Bertz CT molecular complexity index is 660. The lowest BCUT2D eigenvalue weighted by molar-refractivity contribution is 0.393. The summed E-state index contributed by atoms with van der Waals surface area (Å²) < 4.78 is 6.36. The molecule has 19 heavy (non-hydrogen) atoms. The van der Waals surface area contributed by atoms with Crippen molar-refractivity contribution in [2.45, 2.75) is 19.9 Å². The van der Waals surface area contributed by atoms with Gasteiger partial charge in [-0.2, -0.15) is 5.26 Å². The normalized spacial score (nSPS) is 10.0. The van der Waals surface area contributed by atoms with Gasteiger partial charge in [-0.05, 0) is 19.9 Å². The molecule has 0 radical (unpaired) electrons. The minimum atomic E-state index is 0.391. The van der Waals surface area contributed by atoms with Crippen molar-refractivity contribution in [1.82, 2.24) is 14.9 Å². The summed E-state index contributed by atoms with van der Waals surface area (Å²) in [6.45, 7) is 4.24. The van der Waals surface area contributed by atoms with Crippen molar-refractivity contribution < 1.29 is 4.52 Å². The molecule has 1 aromatic carbocycles. The number of benzene rings is 1. The van der Waals surface area contributed by atoms with Crippen LogP contribution < -0.4 is 0 Å². The summed E-state index contributed by atoms with van der Waals surface area (Å²) in [4.78, 5) is 0. The van der Waals surface area contributed by atoms with E-state index in [0.29, 0.717) is 6.04 Å². The van der Waals surface area contributed by atoms with Crippen LogP contribution in [0.2, 0.25) is 0 Å². The fourth-order valence-electron chi connectivity index (χ4n) is 1.86. The summed E-state index contributed by atoms with van der Waals surface area (Å²) in [7, 11) is 0. The molecule has 0 atom stereocenters. The van der Waals surface area contributed by atoms with Gasteiger partial charge in [-0.25, -0.2) is 0 Å². The van der Waals surface area contributed by atoms with Crippen molar-refractivity contribution >= 4 is 10.9 Å². The molecular weight excluding hydrogens is 240 g/mol. The molecule has 3 aromatic rings. The number of aromatic nitrogens is 3. The molecule has 0 aliphatic heterocycles. The average molecular weight is 254 g/mol. The molecule has 5 nitrogen and oxygen atoms in total. The lowest BCUT2D eigenvalue weighted by Gasteiger charge is -2.08. The van der Waals surface area contributed by atoms with Crippen LogP contribution in [-0.4, -0.2) is 14.9 Å². The standard InChI is InChI=1S/C12H12N2.C2H2N2O/c1-9(2)14-8-10(7-13)11-5-3-4-6-12(11)14;1-2-5-4-3-1/h3-6,8-9H,1-2H3;1-2H. The maximum absolute atomic E-state index is 8.97. The van der Waals surface area contributed by atoms with E-state index in [9.17, 15) is 0 Å². The van der Waals surface area contributed by atoms with Crippen LogP contribution in [0.4, 0.5) is 0 Å². The van der Waals surface area contributed by atoms with E-state index in [2.05, 4.69) is 45.4 Å². The molecule has 0 unspecified atom stereocenters. The van der Waals surface area contributed by atoms with Gasteiger partial charge in [-0.1, -0.05) is 18.2 Å². The fraction of sp³-hybridized carbons (Fsp3) is 0.214. The minimum Gasteiger partial charge on any atom is -0.346 e. The number of hydrogen-bond acceptors (Lipinski definition) is 4. The van der Waals surface area contributed by atoms with Crippen molar-refractivity contribution in [2.75, 3.05) is 0 Å². The van der Waals surface area contributed by atoms with E-state index in [1.165, 1.54) is 12.5 Å². The SMILES string of the molecule is CC(C)n1cc(C#N)c2ccccc21.c1conn1. The third-order valence-electron chi connectivity index (χ3n) is 2.70. The molecule has 2 heterocycles. The molecule has 0 saturated heterocycles. The van der Waals surface area contributed by atoms with Crippen LogP contribution in [0.15, 0.2) is 47.4 Å². The van der Waals surface area contributed by atoms with Crippen LogP contribution in [0.5, 0.6) is 0 Å². The van der Waals surface area contributed by atoms with E-state index in [1.54, 1.807) is 0 Å². The van der Waals surface area contributed by atoms with Gasteiger partial charge in [0.25, 0.3) is 0 Å².